The van der Waals surface area contributed by atoms with Crippen molar-refractivity contribution < 1.29 is 14.5 Å². The van der Waals surface area contributed by atoms with Gasteiger partial charge in [-0.15, -0.1) is 0 Å². The Bertz CT molecular complexity index is 1670. The van der Waals surface area contributed by atoms with Crippen LogP contribution in [0, 0.1) is 24.0 Å². The Hall–Kier alpha value is -5.31. The molecule has 0 unspecified atom stereocenters. The number of nitro groups is 1. The normalized spacial score (nSPS) is 11.1. The number of hydrogen-bond acceptors (Lipinski definition) is 6. The zero-order valence-corrected chi connectivity index (χ0v) is 20.7. The lowest BCUT2D eigenvalue weighted by molar-refractivity contribution is -0.385. The van der Waals surface area contributed by atoms with E-state index in [1.54, 1.807) is 24.4 Å². The predicted octanol–water partition coefficient (Wildman–Crippen LogP) is 6.11. The average Bonchev–Trinajstić information content (AvgIpc) is 3.21. The van der Waals surface area contributed by atoms with Gasteiger partial charge in [-0.2, -0.15) is 5.10 Å². The first-order valence-corrected chi connectivity index (χ1v) is 11.8. The number of rotatable bonds is 7. The van der Waals surface area contributed by atoms with Gasteiger partial charge in [0.2, 0.25) is 5.88 Å². The topological polar surface area (TPSA) is 112 Å². The van der Waals surface area contributed by atoms with Crippen LogP contribution in [0.1, 0.15) is 27.3 Å². The molecule has 0 spiro atoms. The number of fused-ring (bicyclic) bond motifs is 1. The largest absolute Gasteiger partial charge is 0.439 e. The van der Waals surface area contributed by atoms with Gasteiger partial charge in [0, 0.05) is 40.3 Å². The minimum absolute atomic E-state index is 0.0984. The first-order chi connectivity index (χ1) is 18.4. The maximum absolute atomic E-state index is 12.8. The zero-order valence-electron chi connectivity index (χ0n) is 20.7. The molecule has 0 saturated heterocycles. The van der Waals surface area contributed by atoms with Crippen LogP contribution in [0.3, 0.4) is 0 Å². The number of pyridine rings is 1. The number of carbonyl (C=O) groups excluding carboxylic acids is 1. The van der Waals surface area contributed by atoms with E-state index in [0.717, 1.165) is 39.6 Å². The van der Waals surface area contributed by atoms with Gasteiger partial charge in [-0.25, -0.2) is 10.4 Å². The molecule has 0 bridgehead atoms. The summed E-state index contributed by atoms with van der Waals surface area (Å²) in [6.45, 7) is 3.97. The summed E-state index contributed by atoms with van der Waals surface area (Å²) < 4.78 is 7.78. The minimum atomic E-state index is -0.509. The first-order valence-electron chi connectivity index (χ1n) is 11.8. The molecule has 0 aliphatic rings. The minimum Gasteiger partial charge on any atom is -0.439 e. The average molecular weight is 506 g/mol. The maximum atomic E-state index is 12.8. The highest BCUT2D eigenvalue weighted by molar-refractivity contribution is 6.07. The summed E-state index contributed by atoms with van der Waals surface area (Å²) in [7, 11) is 0. The van der Waals surface area contributed by atoms with Crippen molar-refractivity contribution in [3.63, 3.8) is 0 Å². The standard InChI is InChI=1S/C29H23N5O4/c1-19-16-22(17-31-32-29(35)27-9-5-7-21-6-3-4-8-26(21)27)20(2)33(19)23-10-13-25(14-11-23)38-28-15-12-24(18-30-28)34(36)37/h3-18H,1-2H3,(H,32,35)/b31-17-. The van der Waals surface area contributed by atoms with Crippen LogP contribution in [-0.4, -0.2) is 26.6 Å². The van der Waals surface area contributed by atoms with Crippen LogP contribution in [0.15, 0.2) is 96.2 Å². The first kappa shape index (κ1) is 24.4. The molecule has 5 rings (SSSR count). The summed E-state index contributed by atoms with van der Waals surface area (Å²) in [5.41, 5.74) is 6.85. The van der Waals surface area contributed by atoms with Crippen LogP contribution in [0.5, 0.6) is 11.6 Å². The van der Waals surface area contributed by atoms with E-state index in [0.29, 0.717) is 11.3 Å². The van der Waals surface area contributed by atoms with Gasteiger partial charge in [-0.05, 0) is 61.0 Å². The molecule has 2 aromatic heterocycles. The summed E-state index contributed by atoms with van der Waals surface area (Å²) in [5, 5.41) is 16.9. The number of benzene rings is 3. The van der Waals surface area contributed by atoms with Gasteiger partial charge in [0.15, 0.2) is 0 Å². The molecule has 188 valence electrons. The lowest BCUT2D eigenvalue weighted by Gasteiger charge is -2.11. The molecule has 0 saturated carbocycles. The summed E-state index contributed by atoms with van der Waals surface area (Å²) in [6.07, 6.45) is 2.80. The molecule has 1 amide bonds. The van der Waals surface area contributed by atoms with E-state index in [4.69, 9.17) is 4.74 Å². The number of carbonyl (C=O) groups is 1. The Balaban J connectivity index is 1.29. The molecule has 0 atom stereocenters. The van der Waals surface area contributed by atoms with Crippen molar-refractivity contribution in [1.29, 1.82) is 0 Å². The van der Waals surface area contributed by atoms with E-state index in [9.17, 15) is 14.9 Å². The van der Waals surface area contributed by atoms with Crippen LogP contribution in [0.4, 0.5) is 5.69 Å². The third kappa shape index (κ3) is 4.98. The highest BCUT2D eigenvalue weighted by atomic mass is 16.6. The van der Waals surface area contributed by atoms with Gasteiger partial charge in [0.1, 0.15) is 11.9 Å². The van der Waals surface area contributed by atoms with Crippen LogP contribution in [0.25, 0.3) is 16.5 Å². The van der Waals surface area contributed by atoms with Gasteiger partial charge in [0.05, 0.1) is 11.1 Å². The Morgan fingerprint density at radius 1 is 1.03 bits per heavy atom. The summed E-state index contributed by atoms with van der Waals surface area (Å²) in [5.74, 6) is 0.543. The lowest BCUT2D eigenvalue weighted by atomic mass is 10.0. The monoisotopic (exact) mass is 505 g/mol. The number of aryl methyl sites for hydroxylation is 1. The fourth-order valence-corrected chi connectivity index (χ4v) is 4.28. The van der Waals surface area contributed by atoms with E-state index in [1.165, 1.54) is 12.1 Å². The van der Waals surface area contributed by atoms with E-state index >= 15 is 0 Å². The molecule has 0 radical (unpaired) electrons. The van der Waals surface area contributed by atoms with Crippen LogP contribution in [-0.2, 0) is 0 Å². The highest BCUT2D eigenvalue weighted by Crippen LogP contribution is 2.25. The third-order valence-electron chi connectivity index (χ3n) is 6.12. The van der Waals surface area contributed by atoms with Gasteiger partial charge < -0.3 is 9.30 Å². The highest BCUT2D eigenvalue weighted by Gasteiger charge is 2.12. The van der Waals surface area contributed by atoms with E-state index < -0.39 is 4.92 Å². The van der Waals surface area contributed by atoms with Crippen molar-refractivity contribution in [2.75, 3.05) is 0 Å². The number of amides is 1. The van der Waals surface area contributed by atoms with E-state index in [2.05, 4.69) is 20.1 Å². The number of hydrogen-bond donors (Lipinski definition) is 1. The van der Waals surface area contributed by atoms with Gasteiger partial charge in [-0.3, -0.25) is 14.9 Å². The zero-order chi connectivity index (χ0) is 26.6. The van der Waals surface area contributed by atoms with Gasteiger partial charge in [-0.1, -0.05) is 36.4 Å². The van der Waals surface area contributed by atoms with Crippen LogP contribution in [0.2, 0.25) is 0 Å². The van der Waals surface area contributed by atoms with Gasteiger partial charge >= 0.3 is 0 Å². The molecule has 3 aromatic carbocycles. The van der Waals surface area contributed by atoms with E-state index in [-0.39, 0.29) is 17.5 Å². The van der Waals surface area contributed by atoms with Crippen molar-refractivity contribution in [1.82, 2.24) is 15.0 Å². The fraction of sp³-hybridized carbons (Fsp3) is 0.0690. The van der Waals surface area contributed by atoms with Crippen molar-refractivity contribution in [2.45, 2.75) is 13.8 Å². The quantitative estimate of drug-likeness (QED) is 0.163. The number of ether oxygens (including phenoxy) is 1. The van der Waals surface area contributed by atoms with Crippen LogP contribution >= 0.6 is 0 Å². The summed E-state index contributed by atoms with van der Waals surface area (Å²) in [4.78, 5) is 27.0. The molecule has 1 N–H and O–H groups in total. The number of hydrazone groups is 1. The van der Waals surface area contributed by atoms with Crippen molar-refractivity contribution in [2.24, 2.45) is 5.10 Å². The molecule has 0 aliphatic carbocycles. The molecule has 9 heteroatoms. The van der Waals surface area contributed by atoms with Gasteiger partial charge in [0.25, 0.3) is 11.6 Å². The molecule has 9 nitrogen and oxygen atoms in total. The maximum Gasteiger partial charge on any atom is 0.287 e. The number of nitrogens with one attached hydrogen (secondary N) is 1. The summed E-state index contributed by atoms with van der Waals surface area (Å²) in [6, 6.07) is 25.5. The fourth-order valence-electron chi connectivity index (χ4n) is 4.28. The molecular weight excluding hydrogens is 482 g/mol. The molecule has 0 fully saturated rings. The number of aromatic nitrogens is 2. The van der Waals surface area contributed by atoms with E-state index in [1.807, 2.05) is 68.4 Å². The number of nitrogens with zero attached hydrogens (tertiary/aromatic N) is 4. The lowest BCUT2D eigenvalue weighted by Crippen LogP contribution is -2.18. The molecule has 2 heterocycles. The Morgan fingerprint density at radius 3 is 2.53 bits per heavy atom. The second-order valence-electron chi connectivity index (χ2n) is 8.60. The Labute approximate surface area is 218 Å². The molecular formula is C29H23N5O4. The molecule has 0 aliphatic heterocycles. The van der Waals surface area contributed by atoms with Crippen molar-refractivity contribution >= 4 is 28.6 Å². The van der Waals surface area contributed by atoms with Crippen LogP contribution < -0.4 is 10.2 Å². The third-order valence-corrected chi connectivity index (χ3v) is 6.12. The van der Waals surface area contributed by atoms with Crippen molar-refractivity contribution in [3.05, 3.63) is 124 Å². The Morgan fingerprint density at radius 2 is 1.79 bits per heavy atom. The second-order valence-corrected chi connectivity index (χ2v) is 8.60. The smallest absolute Gasteiger partial charge is 0.287 e. The predicted molar refractivity (Wildman–Crippen MR) is 145 cm³/mol. The Kier molecular flexibility index (Phi) is 6.65. The van der Waals surface area contributed by atoms with Crippen molar-refractivity contribution in [3.8, 4) is 17.3 Å². The molecule has 5 aromatic rings. The summed E-state index contributed by atoms with van der Waals surface area (Å²) >= 11 is 0. The SMILES string of the molecule is Cc1cc(/C=N\NC(=O)c2cccc3ccccc23)c(C)n1-c1ccc(Oc2ccc([N+](=O)[O-])cn2)cc1. The molecule has 38 heavy (non-hydrogen) atoms. The second kappa shape index (κ2) is 10.4.